The van der Waals surface area contributed by atoms with Gasteiger partial charge in [-0.05, 0) is 12.5 Å². The van der Waals surface area contributed by atoms with Crippen LogP contribution >= 0.6 is 11.6 Å². The maximum atomic E-state index is 11.0. The first-order valence-corrected chi connectivity index (χ1v) is 6.34. The van der Waals surface area contributed by atoms with Gasteiger partial charge in [-0.15, -0.1) is 10.2 Å². The molecular formula is C12H10ClN3O5. The monoisotopic (exact) mass is 311 g/mol. The van der Waals surface area contributed by atoms with Crippen molar-refractivity contribution in [2.45, 2.75) is 19.3 Å². The van der Waals surface area contributed by atoms with Crippen LogP contribution in [0.15, 0.2) is 22.6 Å². The Morgan fingerprint density at radius 3 is 2.86 bits per heavy atom. The largest absolute Gasteiger partial charge is 0.481 e. The molecule has 2 rings (SSSR count). The number of carboxylic acids is 1. The molecule has 1 heterocycles. The highest BCUT2D eigenvalue weighted by atomic mass is 35.5. The van der Waals surface area contributed by atoms with Crippen LogP contribution in [0.4, 0.5) is 5.69 Å². The lowest BCUT2D eigenvalue weighted by Gasteiger charge is -2.00. The summed E-state index contributed by atoms with van der Waals surface area (Å²) in [5, 5.41) is 27.1. The highest BCUT2D eigenvalue weighted by Gasteiger charge is 2.23. The Morgan fingerprint density at radius 2 is 2.19 bits per heavy atom. The van der Waals surface area contributed by atoms with Gasteiger partial charge >= 0.3 is 5.97 Å². The number of benzene rings is 1. The summed E-state index contributed by atoms with van der Waals surface area (Å²) in [6.07, 6.45) is 0.586. The van der Waals surface area contributed by atoms with Crippen LogP contribution in [0.1, 0.15) is 18.7 Å². The minimum Gasteiger partial charge on any atom is -0.481 e. The Hall–Kier alpha value is -2.48. The molecule has 1 aromatic heterocycles. The van der Waals surface area contributed by atoms with Crippen LogP contribution in [0, 0.1) is 10.1 Å². The maximum Gasteiger partial charge on any atom is 0.303 e. The summed E-state index contributed by atoms with van der Waals surface area (Å²) in [6, 6.07) is 4.22. The molecule has 8 nitrogen and oxygen atoms in total. The van der Waals surface area contributed by atoms with E-state index in [9.17, 15) is 14.9 Å². The molecule has 2 aromatic rings. The van der Waals surface area contributed by atoms with Crippen molar-refractivity contribution in [2.75, 3.05) is 0 Å². The third kappa shape index (κ3) is 3.54. The molecule has 0 aliphatic carbocycles. The van der Waals surface area contributed by atoms with E-state index in [0.29, 0.717) is 6.42 Å². The molecule has 0 amide bonds. The molecule has 0 aliphatic rings. The molecule has 0 saturated carbocycles. The van der Waals surface area contributed by atoms with Crippen molar-refractivity contribution in [3.63, 3.8) is 0 Å². The zero-order valence-electron chi connectivity index (χ0n) is 10.7. The second-order valence-corrected chi connectivity index (χ2v) is 4.55. The molecule has 21 heavy (non-hydrogen) atoms. The van der Waals surface area contributed by atoms with Crippen molar-refractivity contribution in [2.24, 2.45) is 0 Å². The van der Waals surface area contributed by atoms with Crippen molar-refractivity contribution in [3.8, 4) is 11.5 Å². The van der Waals surface area contributed by atoms with Gasteiger partial charge in [0, 0.05) is 18.9 Å². The number of hydrogen-bond donors (Lipinski definition) is 1. The molecule has 9 heteroatoms. The van der Waals surface area contributed by atoms with Crippen LogP contribution in [-0.2, 0) is 11.2 Å². The SMILES string of the molecule is O=C(O)CCCc1nnc(-c2c(Cl)cccc2[N+](=O)[O-])o1. The fourth-order valence-electron chi connectivity index (χ4n) is 1.72. The van der Waals surface area contributed by atoms with Gasteiger partial charge in [0.15, 0.2) is 0 Å². The smallest absolute Gasteiger partial charge is 0.303 e. The van der Waals surface area contributed by atoms with Crippen LogP contribution in [0.25, 0.3) is 11.5 Å². The van der Waals surface area contributed by atoms with Gasteiger partial charge in [0.2, 0.25) is 5.89 Å². The molecule has 0 aliphatic heterocycles. The molecule has 0 unspecified atom stereocenters. The van der Waals surface area contributed by atoms with E-state index in [4.69, 9.17) is 21.1 Å². The Labute approximate surface area is 123 Å². The molecule has 1 aromatic carbocycles. The topological polar surface area (TPSA) is 119 Å². The van der Waals surface area contributed by atoms with Crippen molar-refractivity contribution in [3.05, 3.63) is 39.2 Å². The quantitative estimate of drug-likeness (QED) is 0.643. The van der Waals surface area contributed by atoms with E-state index < -0.39 is 10.9 Å². The number of rotatable bonds is 6. The summed E-state index contributed by atoms with van der Waals surface area (Å²) < 4.78 is 5.32. The van der Waals surface area contributed by atoms with Gasteiger partial charge in [0.1, 0.15) is 5.56 Å². The number of nitro groups is 1. The van der Waals surface area contributed by atoms with Crippen molar-refractivity contribution >= 4 is 23.3 Å². The number of carboxylic acid groups (broad SMARTS) is 1. The number of aliphatic carboxylic acids is 1. The van der Waals surface area contributed by atoms with E-state index in [1.54, 1.807) is 0 Å². The number of hydrogen-bond acceptors (Lipinski definition) is 6. The van der Waals surface area contributed by atoms with Gasteiger partial charge in [0.05, 0.1) is 9.95 Å². The van der Waals surface area contributed by atoms with Gasteiger partial charge in [-0.2, -0.15) is 0 Å². The first-order valence-electron chi connectivity index (χ1n) is 5.96. The van der Waals surface area contributed by atoms with E-state index in [1.807, 2.05) is 0 Å². The van der Waals surface area contributed by atoms with E-state index >= 15 is 0 Å². The fraction of sp³-hybridized carbons (Fsp3) is 0.250. The van der Waals surface area contributed by atoms with Crippen LogP contribution in [-0.4, -0.2) is 26.2 Å². The second kappa shape index (κ2) is 6.31. The second-order valence-electron chi connectivity index (χ2n) is 4.14. The molecule has 0 saturated heterocycles. The Bertz CT molecular complexity index is 685. The van der Waals surface area contributed by atoms with Crippen LogP contribution in [0.5, 0.6) is 0 Å². The number of halogens is 1. The van der Waals surface area contributed by atoms with Crippen LogP contribution in [0.2, 0.25) is 5.02 Å². The molecule has 0 bridgehead atoms. The van der Waals surface area contributed by atoms with Crippen LogP contribution in [0.3, 0.4) is 0 Å². The number of aryl methyl sites for hydroxylation is 1. The number of nitrogens with zero attached hydrogens (tertiary/aromatic N) is 3. The number of aromatic nitrogens is 2. The average Bonchev–Trinajstić information content (AvgIpc) is 2.86. The van der Waals surface area contributed by atoms with E-state index in [-0.39, 0.29) is 40.9 Å². The molecule has 0 radical (unpaired) electrons. The summed E-state index contributed by atoms with van der Waals surface area (Å²) in [5.41, 5.74) is -0.176. The minimum absolute atomic E-state index is 0.0239. The van der Waals surface area contributed by atoms with E-state index in [1.165, 1.54) is 18.2 Å². The summed E-state index contributed by atoms with van der Waals surface area (Å²) in [4.78, 5) is 20.8. The summed E-state index contributed by atoms with van der Waals surface area (Å²) in [7, 11) is 0. The zero-order valence-corrected chi connectivity index (χ0v) is 11.4. The predicted molar refractivity (Wildman–Crippen MR) is 72.0 cm³/mol. The highest BCUT2D eigenvalue weighted by Crippen LogP contribution is 2.35. The standard InChI is InChI=1S/C12H10ClN3O5/c13-7-3-1-4-8(16(19)20)11(7)12-15-14-9(21-12)5-2-6-10(17)18/h1,3-4H,2,5-6H2,(H,17,18). The van der Waals surface area contributed by atoms with Crippen LogP contribution < -0.4 is 0 Å². The lowest BCUT2D eigenvalue weighted by atomic mass is 10.2. The molecule has 110 valence electrons. The Kier molecular flexibility index (Phi) is 4.49. The van der Waals surface area contributed by atoms with Crippen molar-refractivity contribution in [1.82, 2.24) is 10.2 Å². The summed E-state index contributed by atoms with van der Waals surface area (Å²) >= 11 is 5.95. The summed E-state index contributed by atoms with van der Waals surface area (Å²) in [5.74, 6) is -0.769. The van der Waals surface area contributed by atoms with Gasteiger partial charge in [0.25, 0.3) is 11.6 Å². The van der Waals surface area contributed by atoms with E-state index in [0.717, 1.165) is 0 Å². The summed E-state index contributed by atoms with van der Waals surface area (Å²) in [6.45, 7) is 0. The lowest BCUT2D eigenvalue weighted by Crippen LogP contribution is -1.95. The fourth-order valence-corrected chi connectivity index (χ4v) is 1.97. The van der Waals surface area contributed by atoms with Gasteiger partial charge < -0.3 is 9.52 Å². The number of nitro benzene ring substituents is 1. The van der Waals surface area contributed by atoms with Crippen molar-refractivity contribution < 1.29 is 19.2 Å². The Balaban J connectivity index is 2.25. The molecular weight excluding hydrogens is 302 g/mol. The third-order valence-electron chi connectivity index (χ3n) is 2.65. The lowest BCUT2D eigenvalue weighted by molar-refractivity contribution is -0.384. The molecule has 0 atom stereocenters. The van der Waals surface area contributed by atoms with E-state index in [2.05, 4.69) is 10.2 Å². The zero-order chi connectivity index (χ0) is 15.4. The first kappa shape index (κ1) is 14.9. The average molecular weight is 312 g/mol. The minimum atomic E-state index is -0.920. The molecule has 0 fully saturated rings. The predicted octanol–water partition coefficient (Wildman–Crippen LogP) is 2.71. The first-order chi connectivity index (χ1) is 9.99. The van der Waals surface area contributed by atoms with Gasteiger partial charge in [-0.25, -0.2) is 0 Å². The highest BCUT2D eigenvalue weighted by molar-refractivity contribution is 6.33. The van der Waals surface area contributed by atoms with Crippen molar-refractivity contribution in [1.29, 1.82) is 0 Å². The molecule has 1 N–H and O–H groups in total. The Morgan fingerprint density at radius 1 is 1.43 bits per heavy atom. The maximum absolute atomic E-state index is 11.0. The van der Waals surface area contributed by atoms with Gasteiger partial charge in [-0.1, -0.05) is 17.7 Å². The number of carbonyl (C=O) groups is 1. The molecule has 0 spiro atoms. The van der Waals surface area contributed by atoms with Gasteiger partial charge in [-0.3, -0.25) is 14.9 Å². The third-order valence-corrected chi connectivity index (χ3v) is 2.97. The normalized spacial score (nSPS) is 10.5.